The van der Waals surface area contributed by atoms with Crippen LogP contribution in [-0.2, 0) is 11.3 Å². The van der Waals surface area contributed by atoms with Crippen LogP contribution in [0.5, 0.6) is 0 Å². The Bertz CT molecular complexity index is 217. The van der Waals surface area contributed by atoms with Gasteiger partial charge in [-0.25, -0.2) is 4.98 Å². The molecule has 1 saturated heterocycles. The molecule has 0 radical (unpaired) electrons. The molecule has 66 valence electrons. The van der Waals surface area contributed by atoms with Gasteiger partial charge >= 0.3 is 0 Å². The summed E-state index contributed by atoms with van der Waals surface area (Å²) in [6, 6.07) is 0. The van der Waals surface area contributed by atoms with Gasteiger partial charge < -0.3 is 10.1 Å². The van der Waals surface area contributed by atoms with Crippen molar-refractivity contribution in [3.8, 4) is 0 Å². The van der Waals surface area contributed by atoms with Crippen LogP contribution < -0.4 is 5.32 Å². The monoisotopic (exact) mass is 168 g/mol. The van der Waals surface area contributed by atoms with E-state index in [0.717, 1.165) is 26.2 Å². The van der Waals surface area contributed by atoms with E-state index in [2.05, 4.69) is 15.4 Å². The van der Waals surface area contributed by atoms with Gasteiger partial charge in [-0.15, -0.1) is 0 Å². The summed E-state index contributed by atoms with van der Waals surface area (Å²) in [5.41, 5.74) is 0. The summed E-state index contributed by atoms with van der Waals surface area (Å²) in [6.45, 7) is 3.43. The summed E-state index contributed by atoms with van der Waals surface area (Å²) in [5.74, 6) is 0. The fourth-order valence-corrected chi connectivity index (χ4v) is 1.27. The smallest absolute Gasteiger partial charge is 0.137 e. The lowest BCUT2D eigenvalue weighted by atomic mass is 10.3. The van der Waals surface area contributed by atoms with Crippen molar-refractivity contribution in [2.24, 2.45) is 0 Å². The summed E-state index contributed by atoms with van der Waals surface area (Å²) in [5, 5.41) is 7.27. The number of nitrogens with one attached hydrogen (secondary N) is 1. The van der Waals surface area contributed by atoms with Crippen molar-refractivity contribution in [3.05, 3.63) is 12.7 Å². The van der Waals surface area contributed by atoms with E-state index in [4.69, 9.17) is 4.74 Å². The summed E-state index contributed by atoms with van der Waals surface area (Å²) >= 11 is 0. The fourth-order valence-electron chi connectivity index (χ4n) is 1.27. The molecule has 1 N–H and O–H groups in total. The SMILES string of the molecule is c1ncn(CC2CNCCO2)n1. The molecule has 0 aliphatic carbocycles. The maximum absolute atomic E-state index is 5.50. The Morgan fingerprint density at radius 3 is 3.33 bits per heavy atom. The maximum Gasteiger partial charge on any atom is 0.137 e. The van der Waals surface area contributed by atoms with Crippen molar-refractivity contribution in [3.63, 3.8) is 0 Å². The van der Waals surface area contributed by atoms with Gasteiger partial charge in [0.05, 0.1) is 19.3 Å². The molecule has 1 unspecified atom stereocenters. The topological polar surface area (TPSA) is 52.0 Å². The van der Waals surface area contributed by atoms with Crippen molar-refractivity contribution in [1.29, 1.82) is 0 Å². The average Bonchev–Trinajstić information content (AvgIpc) is 2.59. The number of hydrogen-bond donors (Lipinski definition) is 1. The van der Waals surface area contributed by atoms with Crippen LogP contribution in [0, 0.1) is 0 Å². The lowest BCUT2D eigenvalue weighted by molar-refractivity contribution is 0.0161. The van der Waals surface area contributed by atoms with Crippen molar-refractivity contribution in [2.45, 2.75) is 12.6 Å². The van der Waals surface area contributed by atoms with E-state index >= 15 is 0 Å². The number of ether oxygens (including phenoxy) is 1. The highest BCUT2D eigenvalue weighted by Gasteiger charge is 2.13. The van der Waals surface area contributed by atoms with Crippen LogP contribution in [0.1, 0.15) is 0 Å². The highest BCUT2D eigenvalue weighted by atomic mass is 16.5. The van der Waals surface area contributed by atoms with E-state index in [-0.39, 0.29) is 6.10 Å². The maximum atomic E-state index is 5.50. The van der Waals surface area contributed by atoms with E-state index < -0.39 is 0 Å². The van der Waals surface area contributed by atoms with Crippen LogP contribution >= 0.6 is 0 Å². The standard InChI is InChI=1S/C7H12N4O/c1-2-12-7(3-8-1)4-11-6-9-5-10-11/h5-8H,1-4H2. The van der Waals surface area contributed by atoms with Gasteiger partial charge in [-0.05, 0) is 0 Å². The van der Waals surface area contributed by atoms with Crippen molar-refractivity contribution in [1.82, 2.24) is 20.1 Å². The second-order valence-corrected chi connectivity index (χ2v) is 2.81. The van der Waals surface area contributed by atoms with E-state index in [1.165, 1.54) is 6.33 Å². The molecule has 12 heavy (non-hydrogen) atoms. The first-order chi connectivity index (χ1) is 5.95. The third kappa shape index (κ3) is 1.80. The molecule has 1 aliphatic rings. The summed E-state index contributed by atoms with van der Waals surface area (Å²) in [4.78, 5) is 3.86. The molecule has 0 aromatic carbocycles. The van der Waals surface area contributed by atoms with E-state index in [0.29, 0.717) is 0 Å². The molecule has 2 rings (SSSR count). The first kappa shape index (κ1) is 7.70. The Morgan fingerprint density at radius 1 is 1.67 bits per heavy atom. The zero-order chi connectivity index (χ0) is 8.23. The molecule has 0 bridgehead atoms. The number of morpholine rings is 1. The van der Waals surface area contributed by atoms with Crippen LogP contribution in [0.15, 0.2) is 12.7 Å². The molecule has 5 nitrogen and oxygen atoms in total. The zero-order valence-electron chi connectivity index (χ0n) is 6.81. The third-order valence-corrected chi connectivity index (χ3v) is 1.86. The molecule has 5 heteroatoms. The molecule has 1 aromatic rings. The molecule has 1 fully saturated rings. The van der Waals surface area contributed by atoms with Crippen LogP contribution in [0.2, 0.25) is 0 Å². The Morgan fingerprint density at radius 2 is 2.67 bits per heavy atom. The van der Waals surface area contributed by atoms with Gasteiger partial charge in [0.2, 0.25) is 0 Å². The predicted octanol–water partition coefficient (Wildman–Crippen LogP) is -0.733. The van der Waals surface area contributed by atoms with Crippen LogP contribution in [0.25, 0.3) is 0 Å². The average molecular weight is 168 g/mol. The minimum Gasteiger partial charge on any atom is -0.374 e. The van der Waals surface area contributed by atoms with Gasteiger partial charge in [-0.2, -0.15) is 5.10 Å². The second kappa shape index (κ2) is 3.64. The number of hydrogen-bond acceptors (Lipinski definition) is 4. The summed E-state index contributed by atoms with van der Waals surface area (Å²) in [6.07, 6.45) is 3.48. The largest absolute Gasteiger partial charge is 0.374 e. The summed E-state index contributed by atoms with van der Waals surface area (Å²) in [7, 11) is 0. The lowest BCUT2D eigenvalue weighted by Crippen LogP contribution is -2.40. The second-order valence-electron chi connectivity index (χ2n) is 2.81. The molecule has 1 aliphatic heterocycles. The molecule has 0 saturated carbocycles. The third-order valence-electron chi connectivity index (χ3n) is 1.86. The van der Waals surface area contributed by atoms with Crippen molar-refractivity contribution in [2.75, 3.05) is 19.7 Å². The molecular formula is C7H12N4O. The van der Waals surface area contributed by atoms with Gasteiger partial charge in [0.1, 0.15) is 12.7 Å². The van der Waals surface area contributed by atoms with Crippen molar-refractivity contribution < 1.29 is 4.74 Å². The Kier molecular flexibility index (Phi) is 2.33. The molecule has 1 aromatic heterocycles. The minimum absolute atomic E-state index is 0.237. The molecular weight excluding hydrogens is 156 g/mol. The van der Waals surface area contributed by atoms with Gasteiger partial charge in [0.15, 0.2) is 0 Å². The molecule has 0 spiro atoms. The number of rotatable bonds is 2. The number of nitrogens with zero attached hydrogens (tertiary/aromatic N) is 3. The van der Waals surface area contributed by atoms with Crippen LogP contribution in [0.3, 0.4) is 0 Å². The van der Waals surface area contributed by atoms with Crippen LogP contribution in [0.4, 0.5) is 0 Å². The first-order valence-electron chi connectivity index (χ1n) is 4.10. The highest BCUT2D eigenvalue weighted by molar-refractivity contribution is 4.68. The van der Waals surface area contributed by atoms with Gasteiger partial charge in [0.25, 0.3) is 0 Å². The molecule has 2 heterocycles. The van der Waals surface area contributed by atoms with E-state index in [9.17, 15) is 0 Å². The minimum atomic E-state index is 0.237. The normalized spacial score (nSPS) is 24.2. The molecule has 0 amide bonds. The fraction of sp³-hybridized carbons (Fsp3) is 0.714. The highest BCUT2D eigenvalue weighted by Crippen LogP contribution is 1.98. The quantitative estimate of drug-likeness (QED) is 0.632. The summed E-state index contributed by atoms with van der Waals surface area (Å²) < 4.78 is 7.29. The van der Waals surface area contributed by atoms with Crippen LogP contribution in [-0.4, -0.2) is 40.6 Å². The molecule has 1 atom stereocenters. The first-order valence-corrected chi connectivity index (χ1v) is 4.10. The van der Waals surface area contributed by atoms with Gasteiger partial charge in [-0.1, -0.05) is 0 Å². The predicted molar refractivity (Wildman–Crippen MR) is 42.6 cm³/mol. The Hall–Kier alpha value is -0.940. The Balaban J connectivity index is 1.86. The van der Waals surface area contributed by atoms with E-state index in [1.54, 1.807) is 11.0 Å². The van der Waals surface area contributed by atoms with Crippen molar-refractivity contribution >= 4 is 0 Å². The zero-order valence-corrected chi connectivity index (χ0v) is 6.81. The Labute approximate surface area is 70.7 Å². The number of aromatic nitrogens is 3. The van der Waals surface area contributed by atoms with Gasteiger partial charge in [0, 0.05) is 13.1 Å². The lowest BCUT2D eigenvalue weighted by Gasteiger charge is -2.23. The van der Waals surface area contributed by atoms with E-state index in [1.807, 2.05) is 0 Å². The van der Waals surface area contributed by atoms with Gasteiger partial charge in [-0.3, -0.25) is 4.68 Å².